The zero-order valence-corrected chi connectivity index (χ0v) is 21.0. The average molecular weight is 455 g/mol. The van der Waals surface area contributed by atoms with Crippen molar-refractivity contribution in [2.45, 2.75) is 111 Å². The number of nitrogens with one attached hydrogen (secondary N) is 1. The fraction of sp³-hybridized carbons (Fsp3) is 0.870. The van der Waals surface area contributed by atoms with Crippen LogP contribution >= 0.6 is 11.8 Å². The molecule has 0 aromatic rings. The van der Waals surface area contributed by atoms with E-state index in [1.54, 1.807) is 0 Å². The van der Waals surface area contributed by atoms with Crippen LogP contribution in [0.15, 0.2) is 5.10 Å². The van der Waals surface area contributed by atoms with E-state index in [1.807, 2.05) is 0 Å². The minimum atomic E-state index is -0.948. The largest absolute Gasteiger partial charge is 0.438 e. The van der Waals surface area contributed by atoms with E-state index in [1.165, 1.54) is 23.2 Å². The lowest BCUT2D eigenvalue weighted by Crippen LogP contribution is -2.48. The molecular weight excluding hydrogens is 412 g/mol. The van der Waals surface area contributed by atoms with E-state index in [4.69, 9.17) is 4.74 Å². The lowest BCUT2D eigenvalue weighted by atomic mass is 9.96. The molecule has 2 aliphatic rings. The van der Waals surface area contributed by atoms with E-state index in [2.05, 4.69) is 56.9 Å². The number of carbonyl (C=O) groups is 2. The Morgan fingerprint density at radius 1 is 1.13 bits per heavy atom. The molecule has 2 rings (SSSR count). The van der Waals surface area contributed by atoms with Gasteiger partial charge in [-0.15, -0.1) is 5.10 Å². The number of hydrazone groups is 1. The van der Waals surface area contributed by atoms with Gasteiger partial charge in [0.1, 0.15) is 0 Å². The number of rotatable bonds is 10. The first kappa shape index (κ1) is 26.0. The fourth-order valence-corrected chi connectivity index (χ4v) is 4.90. The average Bonchev–Trinajstić information content (AvgIpc) is 3.14. The number of thioether (sulfide) groups is 1. The number of ketones is 1. The maximum Gasteiger partial charge on any atom is 0.341 e. The van der Waals surface area contributed by atoms with Crippen LogP contribution in [0, 0.1) is 5.92 Å². The fourth-order valence-electron chi connectivity index (χ4n) is 4.12. The molecule has 1 N–H and O–H groups in total. The maximum atomic E-state index is 12.9. The van der Waals surface area contributed by atoms with E-state index < -0.39 is 6.23 Å². The van der Waals surface area contributed by atoms with Crippen LogP contribution in [-0.4, -0.2) is 63.6 Å². The summed E-state index contributed by atoms with van der Waals surface area (Å²) in [6.07, 6.45) is 5.66. The van der Waals surface area contributed by atoms with Crippen molar-refractivity contribution in [2.75, 3.05) is 12.3 Å². The van der Waals surface area contributed by atoms with Gasteiger partial charge in [-0.25, -0.2) is 4.79 Å². The second-order valence-electron chi connectivity index (χ2n) is 9.64. The predicted molar refractivity (Wildman–Crippen MR) is 128 cm³/mol. The van der Waals surface area contributed by atoms with Crippen LogP contribution in [0.25, 0.3) is 0 Å². The third kappa shape index (κ3) is 8.29. The second kappa shape index (κ2) is 12.7. The Balaban J connectivity index is 2.00. The summed E-state index contributed by atoms with van der Waals surface area (Å²) >= 11 is 1.47. The van der Waals surface area contributed by atoms with Gasteiger partial charge >= 0.3 is 6.03 Å². The number of urea groups is 1. The number of hydrogen-bond donors (Lipinski definition) is 1. The van der Waals surface area contributed by atoms with Gasteiger partial charge in [-0.2, -0.15) is 5.01 Å². The molecule has 8 heteroatoms. The Morgan fingerprint density at radius 3 is 2.35 bits per heavy atom. The Hall–Kier alpha value is -1.28. The molecule has 1 heterocycles. The summed E-state index contributed by atoms with van der Waals surface area (Å²) < 4.78 is 5.89. The van der Waals surface area contributed by atoms with Crippen LogP contribution < -0.4 is 5.32 Å². The highest BCUT2D eigenvalue weighted by atomic mass is 32.2. The van der Waals surface area contributed by atoms with Gasteiger partial charge in [-0.1, -0.05) is 44.9 Å². The van der Waals surface area contributed by atoms with Gasteiger partial charge in [0, 0.05) is 36.8 Å². The van der Waals surface area contributed by atoms with Crippen molar-refractivity contribution >= 4 is 28.8 Å². The molecule has 1 aliphatic carbocycles. The monoisotopic (exact) mass is 454 g/mol. The molecule has 0 aromatic carbocycles. The minimum absolute atomic E-state index is 0.0853. The molecule has 0 saturated heterocycles. The lowest BCUT2D eigenvalue weighted by Gasteiger charge is -2.30. The number of amides is 2. The van der Waals surface area contributed by atoms with Gasteiger partial charge in [0.15, 0.2) is 5.78 Å². The highest BCUT2D eigenvalue weighted by Gasteiger charge is 2.39. The molecule has 2 amide bonds. The van der Waals surface area contributed by atoms with Gasteiger partial charge in [-0.05, 0) is 52.9 Å². The summed E-state index contributed by atoms with van der Waals surface area (Å²) in [5.74, 6) is 1.13. The summed E-state index contributed by atoms with van der Waals surface area (Å²) in [4.78, 5) is 28.2. The topological polar surface area (TPSA) is 74.2 Å². The van der Waals surface area contributed by atoms with Gasteiger partial charge in [-0.3, -0.25) is 9.69 Å². The SMILES string of the molecule is CC(C)CCC(=O)C1OC(SCCN(C(C)C)C(C)C)=NN1C(=O)NC1CCCCC1. The number of Topliss-reactive ketones (excluding diaryl/α,β-unsaturated/α-hetero) is 1. The van der Waals surface area contributed by atoms with Gasteiger partial charge in [0.05, 0.1) is 0 Å². The van der Waals surface area contributed by atoms with E-state index in [0.717, 1.165) is 44.4 Å². The summed E-state index contributed by atoms with van der Waals surface area (Å²) in [5.41, 5.74) is 0. The van der Waals surface area contributed by atoms with Crippen LogP contribution in [0.2, 0.25) is 0 Å². The number of ether oxygens (including phenoxy) is 1. The molecule has 1 saturated carbocycles. The predicted octanol–water partition coefficient (Wildman–Crippen LogP) is 4.82. The van der Waals surface area contributed by atoms with Crippen LogP contribution in [0.1, 0.15) is 86.5 Å². The number of nitrogens with zero attached hydrogens (tertiary/aromatic N) is 3. The van der Waals surface area contributed by atoms with E-state index in [9.17, 15) is 9.59 Å². The molecule has 1 unspecified atom stereocenters. The second-order valence-corrected chi connectivity index (χ2v) is 10.7. The molecule has 0 aromatic heterocycles. The Labute approximate surface area is 192 Å². The van der Waals surface area contributed by atoms with Crippen LogP contribution in [-0.2, 0) is 9.53 Å². The molecule has 178 valence electrons. The van der Waals surface area contributed by atoms with Crippen molar-refractivity contribution in [1.82, 2.24) is 15.2 Å². The van der Waals surface area contributed by atoms with Crippen molar-refractivity contribution in [3.63, 3.8) is 0 Å². The van der Waals surface area contributed by atoms with Crippen molar-refractivity contribution in [3.05, 3.63) is 0 Å². The van der Waals surface area contributed by atoms with Gasteiger partial charge in [0.25, 0.3) is 11.5 Å². The quantitative estimate of drug-likeness (QED) is 0.512. The van der Waals surface area contributed by atoms with Gasteiger partial charge < -0.3 is 10.1 Å². The first-order valence-corrected chi connectivity index (χ1v) is 12.9. The minimum Gasteiger partial charge on any atom is -0.438 e. The summed E-state index contributed by atoms with van der Waals surface area (Å²) in [7, 11) is 0. The summed E-state index contributed by atoms with van der Waals surface area (Å²) in [6, 6.07) is 0.743. The van der Waals surface area contributed by atoms with Gasteiger partial charge in [0.2, 0.25) is 0 Å². The molecule has 1 aliphatic heterocycles. The summed E-state index contributed by atoms with van der Waals surface area (Å²) in [5, 5.41) is 9.12. The summed E-state index contributed by atoms with van der Waals surface area (Å²) in [6.45, 7) is 13.8. The molecule has 0 radical (unpaired) electrons. The molecule has 1 fully saturated rings. The standard InChI is InChI=1S/C23H42N4O3S/c1-16(2)12-13-20(28)21-27(22(29)24-19-10-8-7-9-11-19)25-23(30-21)31-15-14-26(17(3)4)18(5)6/h16-19,21H,7-15H2,1-6H3,(H,24,29). The lowest BCUT2D eigenvalue weighted by molar-refractivity contribution is -0.131. The molecule has 7 nitrogen and oxygen atoms in total. The Bertz CT molecular complexity index is 610. The van der Waals surface area contributed by atoms with Crippen LogP contribution in [0.3, 0.4) is 0 Å². The first-order chi connectivity index (χ1) is 14.7. The zero-order chi connectivity index (χ0) is 23.0. The molecule has 31 heavy (non-hydrogen) atoms. The van der Waals surface area contributed by atoms with Crippen molar-refractivity contribution < 1.29 is 14.3 Å². The van der Waals surface area contributed by atoms with Crippen molar-refractivity contribution in [2.24, 2.45) is 11.0 Å². The highest BCUT2D eigenvalue weighted by molar-refractivity contribution is 8.13. The highest BCUT2D eigenvalue weighted by Crippen LogP contribution is 2.24. The van der Waals surface area contributed by atoms with E-state index in [-0.39, 0.29) is 17.9 Å². The Morgan fingerprint density at radius 2 is 1.77 bits per heavy atom. The van der Waals surface area contributed by atoms with Crippen molar-refractivity contribution in [3.8, 4) is 0 Å². The molecule has 0 spiro atoms. The van der Waals surface area contributed by atoms with Crippen molar-refractivity contribution in [1.29, 1.82) is 0 Å². The third-order valence-corrected chi connectivity index (χ3v) is 6.72. The first-order valence-electron chi connectivity index (χ1n) is 11.9. The number of hydrogen-bond acceptors (Lipinski definition) is 6. The molecule has 1 atom stereocenters. The smallest absolute Gasteiger partial charge is 0.341 e. The van der Waals surface area contributed by atoms with Crippen LogP contribution in [0.4, 0.5) is 4.79 Å². The normalized spacial score (nSPS) is 20.0. The Kier molecular flexibility index (Phi) is 10.6. The zero-order valence-electron chi connectivity index (χ0n) is 20.2. The molecular formula is C23H42N4O3S. The van der Waals surface area contributed by atoms with E-state index >= 15 is 0 Å². The maximum absolute atomic E-state index is 12.9. The third-order valence-electron chi connectivity index (χ3n) is 5.91. The number of carbonyl (C=O) groups excluding carboxylic acids is 2. The van der Waals surface area contributed by atoms with Crippen LogP contribution in [0.5, 0.6) is 0 Å². The molecule has 0 bridgehead atoms. The van der Waals surface area contributed by atoms with E-state index in [0.29, 0.717) is 29.7 Å².